The number of nitrogens with one attached hydrogen (secondary N) is 1. The van der Waals surface area contributed by atoms with E-state index in [1.54, 1.807) is 0 Å². The lowest BCUT2D eigenvalue weighted by Crippen LogP contribution is -2.24. The van der Waals surface area contributed by atoms with Gasteiger partial charge in [-0.2, -0.15) is 0 Å². The minimum atomic E-state index is 0.0247. The first kappa shape index (κ1) is 14.1. The molecular formula is C14H22N2O3. The van der Waals surface area contributed by atoms with Crippen LogP contribution in [0.4, 0.5) is 0 Å². The third-order valence-electron chi connectivity index (χ3n) is 3.52. The number of ether oxygens (including phenoxy) is 1. The zero-order chi connectivity index (χ0) is 13.8. The molecule has 0 spiro atoms. The van der Waals surface area contributed by atoms with Gasteiger partial charge < -0.3 is 14.5 Å². The molecule has 5 heteroatoms. The Labute approximate surface area is 113 Å². The summed E-state index contributed by atoms with van der Waals surface area (Å²) in [5.41, 5.74) is 0.873. The summed E-state index contributed by atoms with van der Waals surface area (Å²) in [4.78, 5) is 15.9. The van der Waals surface area contributed by atoms with Crippen LogP contribution in [0, 0.1) is 13.8 Å². The molecule has 0 aromatic carbocycles. The summed E-state index contributed by atoms with van der Waals surface area (Å²) >= 11 is 0. The van der Waals surface area contributed by atoms with Gasteiger partial charge in [-0.05, 0) is 40.0 Å². The van der Waals surface area contributed by atoms with Crippen molar-refractivity contribution in [2.24, 2.45) is 0 Å². The minimum absolute atomic E-state index is 0.0247. The monoisotopic (exact) mass is 266 g/mol. The van der Waals surface area contributed by atoms with Crippen molar-refractivity contribution in [3.05, 3.63) is 17.3 Å². The van der Waals surface area contributed by atoms with E-state index < -0.39 is 0 Å². The van der Waals surface area contributed by atoms with E-state index in [0.29, 0.717) is 25.0 Å². The lowest BCUT2D eigenvalue weighted by molar-refractivity contribution is -0.122. The molecule has 1 amide bonds. The summed E-state index contributed by atoms with van der Waals surface area (Å²) in [6.07, 6.45) is 4.03. The fourth-order valence-electron chi connectivity index (χ4n) is 2.27. The fourth-order valence-corrected chi connectivity index (χ4v) is 2.27. The van der Waals surface area contributed by atoms with Gasteiger partial charge in [-0.25, -0.2) is 4.98 Å². The number of hydrogen-bond donors (Lipinski definition) is 1. The van der Waals surface area contributed by atoms with E-state index in [1.807, 2.05) is 13.8 Å². The summed E-state index contributed by atoms with van der Waals surface area (Å²) in [7, 11) is 0. The predicted octanol–water partition coefficient (Wildman–Crippen LogP) is 2.26. The molecular weight excluding hydrogens is 244 g/mol. The molecule has 5 nitrogen and oxygen atoms in total. The Morgan fingerprint density at radius 3 is 2.79 bits per heavy atom. The molecule has 0 bridgehead atoms. The largest absolute Gasteiger partial charge is 0.444 e. The maximum Gasteiger partial charge on any atom is 0.220 e. The molecule has 2 atom stereocenters. The van der Waals surface area contributed by atoms with Crippen molar-refractivity contribution in [1.82, 2.24) is 10.3 Å². The quantitative estimate of drug-likeness (QED) is 0.887. The van der Waals surface area contributed by atoms with Crippen LogP contribution in [0.1, 0.15) is 50.0 Å². The zero-order valence-corrected chi connectivity index (χ0v) is 11.9. The van der Waals surface area contributed by atoms with E-state index in [1.165, 1.54) is 0 Å². The molecule has 19 heavy (non-hydrogen) atoms. The summed E-state index contributed by atoms with van der Waals surface area (Å²) in [5.74, 6) is 1.39. The summed E-state index contributed by atoms with van der Waals surface area (Å²) in [5, 5.41) is 2.82. The average molecular weight is 266 g/mol. The second-order valence-electron chi connectivity index (χ2n) is 5.21. The van der Waals surface area contributed by atoms with Crippen molar-refractivity contribution in [2.75, 3.05) is 0 Å². The highest BCUT2D eigenvalue weighted by molar-refractivity contribution is 5.75. The first-order chi connectivity index (χ1) is 9.04. The van der Waals surface area contributed by atoms with Crippen LogP contribution < -0.4 is 5.32 Å². The van der Waals surface area contributed by atoms with Gasteiger partial charge in [0.2, 0.25) is 11.8 Å². The molecule has 0 radical (unpaired) electrons. The van der Waals surface area contributed by atoms with Crippen molar-refractivity contribution < 1.29 is 13.9 Å². The normalized spacial score (nSPS) is 22.7. The topological polar surface area (TPSA) is 64.4 Å². The van der Waals surface area contributed by atoms with Crippen LogP contribution in [0.2, 0.25) is 0 Å². The minimum Gasteiger partial charge on any atom is -0.444 e. The molecule has 1 aromatic rings. The van der Waals surface area contributed by atoms with Crippen LogP contribution in [-0.4, -0.2) is 23.1 Å². The van der Waals surface area contributed by atoms with Gasteiger partial charge in [-0.1, -0.05) is 0 Å². The van der Waals surface area contributed by atoms with E-state index in [-0.39, 0.29) is 12.0 Å². The van der Waals surface area contributed by atoms with Gasteiger partial charge in [0.15, 0.2) is 0 Å². The van der Waals surface area contributed by atoms with E-state index in [2.05, 4.69) is 17.2 Å². The number of nitrogens with zero attached hydrogens (tertiary/aromatic N) is 1. The second kappa shape index (κ2) is 6.19. The molecule has 1 aromatic heterocycles. The highest BCUT2D eigenvalue weighted by Crippen LogP contribution is 2.22. The van der Waals surface area contributed by atoms with Gasteiger partial charge >= 0.3 is 0 Å². The van der Waals surface area contributed by atoms with Crippen molar-refractivity contribution in [3.63, 3.8) is 0 Å². The van der Waals surface area contributed by atoms with Crippen molar-refractivity contribution in [3.8, 4) is 0 Å². The SMILES string of the molecule is Cc1nc(CNC(=O)CC[C@@H]2CC[C@@H](C)O2)oc1C. The molecule has 1 aliphatic rings. The lowest BCUT2D eigenvalue weighted by Gasteiger charge is -2.10. The fraction of sp³-hybridized carbons (Fsp3) is 0.714. The molecule has 1 N–H and O–H groups in total. The van der Waals surface area contributed by atoms with Gasteiger partial charge in [0.05, 0.1) is 24.4 Å². The highest BCUT2D eigenvalue weighted by Gasteiger charge is 2.22. The average Bonchev–Trinajstić information content (AvgIpc) is 2.91. The smallest absolute Gasteiger partial charge is 0.220 e. The first-order valence-electron chi connectivity index (χ1n) is 6.89. The third kappa shape index (κ3) is 4.06. The number of hydrogen-bond acceptors (Lipinski definition) is 4. The van der Waals surface area contributed by atoms with Gasteiger partial charge in [0, 0.05) is 6.42 Å². The molecule has 1 aliphatic heterocycles. The Hall–Kier alpha value is -1.36. The molecule has 0 aliphatic carbocycles. The molecule has 2 rings (SSSR count). The summed E-state index contributed by atoms with van der Waals surface area (Å²) in [6, 6.07) is 0. The van der Waals surface area contributed by atoms with E-state index in [9.17, 15) is 4.79 Å². The van der Waals surface area contributed by atoms with Gasteiger partial charge in [0.1, 0.15) is 5.76 Å². The van der Waals surface area contributed by atoms with E-state index >= 15 is 0 Å². The standard InChI is InChI=1S/C14H22N2O3/c1-9-4-5-12(18-9)6-7-13(17)15-8-14-16-10(2)11(3)19-14/h9,12H,4-8H2,1-3H3,(H,15,17)/t9-,12+/m1/s1. The molecule has 1 fully saturated rings. The van der Waals surface area contributed by atoms with Gasteiger partial charge in [-0.3, -0.25) is 4.79 Å². The van der Waals surface area contributed by atoms with E-state index in [4.69, 9.17) is 9.15 Å². The number of carbonyl (C=O) groups is 1. The van der Waals surface area contributed by atoms with Crippen LogP contribution >= 0.6 is 0 Å². The molecule has 0 saturated carbocycles. The number of oxazole rings is 1. The molecule has 106 valence electrons. The lowest BCUT2D eigenvalue weighted by atomic mass is 10.1. The Morgan fingerprint density at radius 2 is 2.21 bits per heavy atom. The number of aromatic nitrogens is 1. The van der Waals surface area contributed by atoms with E-state index in [0.717, 1.165) is 30.7 Å². The molecule has 0 unspecified atom stereocenters. The van der Waals surface area contributed by atoms with Crippen LogP contribution in [0.5, 0.6) is 0 Å². The Morgan fingerprint density at radius 1 is 1.42 bits per heavy atom. The van der Waals surface area contributed by atoms with Crippen molar-refractivity contribution in [2.45, 2.75) is 65.2 Å². The summed E-state index contributed by atoms with van der Waals surface area (Å²) < 4.78 is 11.1. The van der Waals surface area contributed by atoms with Crippen molar-refractivity contribution >= 4 is 5.91 Å². The number of aryl methyl sites for hydroxylation is 2. The van der Waals surface area contributed by atoms with Crippen LogP contribution in [-0.2, 0) is 16.1 Å². The maximum absolute atomic E-state index is 11.7. The zero-order valence-electron chi connectivity index (χ0n) is 11.9. The predicted molar refractivity (Wildman–Crippen MR) is 70.6 cm³/mol. The second-order valence-corrected chi connectivity index (χ2v) is 5.21. The van der Waals surface area contributed by atoms with Gasteiger partial charge in [0.25, 0.3) is 0 Å². The van der Waals surface area contributed by atoms with Crippen LogP contribution in [0.15, 0.2) is 4.42 Å². The number of amides is 1. The van der Waals surface area contributed by atoms with Gasteiger partial charge in [-0.15, -0.1) is 0 Å². The molecule has 2 heterocycles. The first-order valence-corrected chi connectivity index (χ1v) is 6.89. The molecule has 1 saturated heterocycles. The Balaban J connectivity index is 1.67. The number of carbonyl (C=O) groups excluding carboxylic acids is 1. The summed E-state index contributed by atoms with van der Waals surface area (Å²) in [6.45, 7) is 6.19. The van der Waals surface area contributed by atoms with Crippen LogP contribution in [0.25, 0.3) is 0 Å². The highest BCUT2D eigenvalue weighted by atomic mass is 16.5. The Bertz CT molecular complexity index is 422. The third-order valence-corrected chi connectivity index (χ3v) is 3.52. The Kier molecular flexibility index (Phi) is 4.58. The van der Waals surface area contributed by atoms with Crippen molar-refractivity contribution in [1.29, 1.82) is 0 Å². The number of rotatable bonds is 5. The van der Waals surface area contributed by atoms with Crippen LogP contribution in [0.3, 0.4) is 0 Å². The maximum atomic E-state index is 11.7.